The fourth-order valence-corrected chi connectivity index (χ4v) is 3.12. The van der Waals surface area contributed by atoms with Crippen LogP contribution >= 0.6 is 0 Å². The number of carbonyl (C=O) groups excluding carboxylic acids is 1. The van der Waals surface area contributed by atoms with E-state index in [0.717, 1.165) is 28.5 Å². The Hall–Kier alpha value is -4.06. The number of nitrogens with zero attached hydrogens (tertiary/aromatic N) is 1. The molecule has 0 aliphatic heterocycles. The Balaban J connectivity index is 1.54. The maximum atomic E-state index is 14.0. The summed E-state index contributed by atoms with van der Waals surface area (Å²) in [4.78, 5) is 12.5. The topological polar surface area (TPSA) is 61.7 Å². The van der Waals surface area contributed by atoms with Crippen molar-refractivity contribution >= 4 is 22.9 Å². The molecule has 0 bridgehead atoms. The predicted octanol–water partition coefficient (Wildman–Crippen LogP) is 5.25. The zero-order valence-corrected chi connectivity index (χ0v) is 15.6. The Morgan fingerprint density at radius 1 is 0.900 bits per heavy atom. The molecule has 0 heterocycles. The maximum absolute atomic E-state index is 14.0. The Labute approximate surface area is 171 Å². The van der Waals surface area contributed by atoms with E-state index in [0.29, 0.717) is 5.56 Å². The molecule has 0 unspecified atom stereocenters. The fraction of sp³-hybridized carbons (Fsp3) is 0. The summed E-state index contributed by atoms with van der Waals surface area (Å²) in [6, 6.07) is 20.8. The van der Waals surface area contributed by atoms with Crippen molar-refractivity contribution in [3.63, 3.8) is 0 Å². The fourth-order valence-electron chi connectivity index (χ4n) is 3.12. The number of benzene rings is 4. The van der Waals surface area contributed by atoms with Gasteiger partial charge in [0.15, 0.2) is 0 Å². The number of fused-ring (bicyclic) bond motifs is 1. The van der Waals surface area contributed by atoms with Crippen molar-refractivity contribution in [2.75, 3.05) is 0 Å². The lowest BCUT2D eigenvalue weighted by Crippen LogP contribution is -2.17. The minimum Gasteiger partial charge on any atom is -0.507 e. The molecule has 148 valence electrons. The molecule has 4 nitrogen and oxygen atoms in total. The van der Waals surface area contributed by atoms with Gasteiger partial charge in [0.2, 0.25) is 0 Å². The van der Waals surface area contributed by atoms with Crippen molar-refractivity contribution in [3.05, 3.63) is 102 Å². The summed E-state index contributed by atoms with van der Waals surface area (Å²) < 4.78 is 27.2. The second kappa shape index (κ2) is 8.13. The van der Waals surface area contributed by atoms with Crippen molar-refractivity contribution in [1.82, 2.24) is 5.43 Å². The number of hydrogen-bond acceptors (Lipinski definition) is 3. The van der Waals surface area contributed by atoms with Crippen LogP contribution in [0.3, 0.4) is 0 Å². The van der Waals surface area contributed by atoms with Crippen LogP contribution in [0.25, 0.3) is 21.9 Å². The van der Waals surface area contributed by atoms with Gasteiger partial charge in [0.1, 0.15) is 17.4 Å². The molecule has 0 aliphatic rings. The van der Waals surface area contributed by atoms with Gasteiger partial charge >= 0.3 is 0 Å². The molecule has 4 rings (SSSR count). The third-order valence-corrected chi connectivity index (χ3v) is 4.64. The van der Waals surface area contributed by atoms with Gasteiger partial charge in [0.25, 0.3) is 5.91 Å². The molecule has 0 radical (unpaired) electrons. The third-order valence-electron chi connectivity index (χ3n) is 4.64. The van der Waals surface area contributed by atoms with Gasteiger partial charge in [-0.3, -0.25) is 4.79 Å². The first kappa shape index (κ1) is 19.3. The molecule has 0 aliphatic carbocycles. The van der Waals surface area contributed by atoms with Crippen LogP contribution in [0, 0.1) is 11.6 Å². The predicted molar refractivity (Wildman–Crippen MR) is 112 cm³/mol. The van der Waals surface area contributed by atoms with Gasteiger partial charge in [-0.2, -0.15) is 5.10 Å². The molecule has 6 heteroatoms. The number of amides is 1. The zero-order chi connectivity index (χ0) is 21.1. The van der Waals surface area contributed by atoms with Crippen LogP contribution in [-0.4, -0.2) is 17.2 Å². The SMILES string of the molecule is O=C(N/N=C/c1ccc2ccccc2c1)c1cc(-c2ccc(F)cc2F)ccc1O. The molecule has 0 saturated heterocycles. The van der Waals surface area contributed by atoms with Crippen molar-refractivity contribution in [2.45, 2.75) is 0 Å². The Morgan fingerprint density at radius 3 is 2.50 bits per heavy atom. The van der Waals surface area contributed by atoms with E-state index in [4.69, 9.17) is 0 Å². The van der Waals surface area contributed by atoms with E-state index in [1.54, 1.807) is 0 Å². The summed E-state index contributed by atoms with van der Waals surface area (Å²) in [5, 5.41) is 16.1. The average molecular weight is 402 g/mol. The molecule has 4 aromatic rings. The quantitative estimate of drug-likeness (QED) is 0.362. The Morgan fingerprint density at radius 2 is 1.70 bits per heavy atom. The van der Waals surface area contributed by atoms with Crippen LogP contribution in [0.15, 0.2) is 84.0 Å². The minimum absolute atomic E-state index is 0.0770. The zero-order valence-electron chi connectivity index (χ0n) is 15.6. The van der Waals surface area contributed by atoms with Crippen molar-refractivity contribution in [2.24, 2.45) is 5.10 Å². The van der Waals surface area contributed by atoms with Crippen molar-refractivity contribution in [1.29, 1.82) is 0 Å². The average Bonchev–Trinajstić information content (AvgIpc) is 2.74. The lowest BCUT2D eigenvalue weighted by Gasteiger charge is -2.08. The first-order chi connectivity index (χ1) is 14.5. The Bertz CT molecular complexity index is 1290. The van der Waals surface area contributed by atoms with Crippen molar-refractivity contribution in [3.8, 4) is 16.9 Å². The summed E-state index contributed by atoms with van der Waals surface area (Å²) in [6.07, 6.45) is 1.49. The number of nitrogens with one attached hydrogen (secondary N) is 1. The van der Waals surface area contributed by atoms with E-state index in [1.165, 1.54) is 30.5 Å². The van der Waals surface area contributed by atoms with E-state index in [2.05, 4.69) is 10.5 Å². The summed E-state index contributed by atoms with van der Waals surface area (Å²) >= 11 is 0. The van der Waals surface area contributed by atoms with Crippen LogP contribution in [0.5, 0.6) is 5.75 Å². The summed E-state index contributed by atoms with van der Waals surface area (Å²) in [7, 11) is 0. The second-order valence-electron chi connectivity index (χ2n) is 6.66. The number of rotatable bonds is 4. The molecule has 1 amide bonds. The number of hydrazone groups is 1. The number of carbonyl (C=O) groups is 1. The van der Waals surface area contributed by atoms with E-state index in [9.17, 15) is 18.7 Å². The number of aromatic hydroxyl groups is 1. The molecular formula is C24H16F2N2O2. The van der Waals surface area contributed by atoms with Gasteiger partial charge in [0, 0.05) is 11.6 Å². The normalized spacial score (nSPS) is 11.1. The van der Waals surface area contributed by atoms with Crippen LogP contribution in [0.2, 0.25) is 0 Å². The first-order valence-corrected chi connectivity index (χ1v) is 9.12. The minimum atomic E-state index is -0.763. The van der Waals surface area contributed by atoms with Gasteiger partial charge in [0.05, 0.1) is 11.8 Å². The molecule has 0 aromatic heterocycles. The van der Waals surface area contributed by atoms with Crippen LogP contribution in [-0.2, 0) is 0 Å². The number of phenolic OH excluding ortho intramolecular Hbond substituents is 1. The van der Waals surface area contributed by atoms with E-state index in [1.807, 2.05) is 42.5 Å². The van der Waals surface area contributed by atoms with Crippen LogP contribution < -0.4 is 5.43 Å². The number of hydrogen-bond donors (Lipinski definition) is 2. The molecule has 0 atom stereocenters. The summed E-state index contributed by atoms with van der Waals surface area (Å²) in [5.74, 6) is -2.40. The molecule has 0 fully saturated rings. The largest absolute Gasteiger partial charge is 0.507 e. The summed E-state index contributed by atoms with van der Waals surface area (Å²) in [5.41, 5.74) is 3.51. The van der Waals surface area contributed by atoms with Crippen LogP contribution in [0.1, 0.15) is 15.9 Å². The molecular weight excluding hydrogens is 386 g/mol. The second-order valence-corrected chi connectivity index (χ2v) is 6.66. The van der Waals surface area contributed by atoms with Gasteiger partial charge in [-0.25, -0.2) is 14.2 Å². The highest BCUT2D eigenvalue weighted by molar-refractivity contribution is 5.99. The van der Waals surface area contributed by atoms with Gasteiger partial charge in [-0.1, -0.05) is 42.5 Å². The highest BCUT2D eigenvalue weighted by atomic mass is 19.1. The third kappa shape index (κ3) is 4.03. The molecule has 0 spiro atoms. The number of halogens is 2. The summed E-state index contributed by atoms with van der Waals surface area (Å²) in [6.45, 7) is 0. The Kier molecular flexibility index (Phi) is 5.22. The highest BCUT2D eigenvalue weighted by Crippen LogP contribution is 2.28. The lowest BCUT2D eigenvalue weighted by atomic mass is 10.0. The van der Waals surface area contributed by atoms with Gasteiger partial charge in [-0.15, -0.1) is 0 Å². The van der Waals surface area contributed by atoms with Crippen LogP contribution in [0.4, 0.5) is 8.78 Å². The molecule has 2 N–H and O–H groups in total. The van der Waals surface area contributed by atoms with Crippen molar-refractivity contribution < 1.29 is 18.7 Å². The highest BCUT2D eigenvalue weighted by Gasteiger charge is 2.14. The first-order valence-electron chi connectivity index (χ1n) is 9.12. The molecule has 0 saturated carbocycles. The van der Waals surface area contributed by atoms with E-state index < -0.39 is 17.5 Å². The molecule has 30 heavy (non-hydrogen) atoms. The maximum Gasteiger partial charge on any atom is 0.275 e. The van der Waals surface area contributed by atoms with E-state index >= 15 is 0 Å². The van der Waals surface area contributed by atoms with E-state index in [-0.39, 0.29) is 16.9 Å². The lowest BCUT2D eigenvalue weighted by molar-refractivity contribution is 0.0952. The smallest absolute Gasteiger partial charge is 0.275 e. The monoisotopic (exact) mass is 402 g/mol. The molecule has 4 aromatic carbocycles. The van der Waals surface area contributed by atoms with Gasteiger partial charge in [-0.05, 0) is 52.2 Å². The number of phenols is 1. The standard InChI is InChI=1S/C24H16F2N2O2/c25-19-8-9-20(22(26)13-19)18-7-10-23(29)21(12-18)24(30)28-27-14-15-5-6-16-3-1-2-4-17(16)11-15/h1-14,29H,(H,28,30)/b27-14+. The van der Waals surface area contributed by atoms with Gasteiger partial charge < -0.3 is 5.11 Å².